The first-order chi connectivity index (χ1) is 13.3. The second-order valence-corrected chi connectivity index (χ2v) is 6.94. The molecule has 3 nitrogen and oxygen atoms in total. The highest BCUT2D eigenvalue weighted by molar-refractivity contribution is 5.78. The molecule has 1 heterocycles. The zero-order valence-corrected chi connectivity index (χ0v) is 16.1. The molecule has 140 valence electrons. The molecule has 0 bridgehead atoms. The Hall–Kier alpha value is -2.81. The third-order valence-corrected chi connectivity index (χ3v) is 4.80. The number of unbranched alkanes of at least 4 members (excludes halogenated alkanes) is 1. The van der Waals surface area contributed by atoms with Crippen molar-refractivity contribution in [1.82, 2.24) is 9.47 Å². The Balaban J connectivity index is 1.71. The minimum Gasteiger partial charge on any atom is -0.345 e. The van der Waals surface area contributed by atoms with Crippen LogP contribution in [0.2, 0.25) is 0 Å². The van der Waals surface area contributed by atoms with E-state index in [0.29, 0.717) is 13.0 Å². The molecule has 0 aliphatic rings. The molecule has 0 aliphatic heterocycles. The van der Waals surface area contributed by atoms with Gasteiger partial charge in [0.2, 0.25) is 5.91 Å². The third-order valence-electron chi connectivity index (χ3n) is 4.80. The van der Waals surface area contributed by atoms with Gasteiger partial charge in [-0.15, -0.1) is 0 Å². The van der Waals surface area contributed by atoms with E-state index >= 15 is 0 Å². The van der Waals surface area contributed by atoms with Crippen LogP contribution in [0.15, 0.2) is 79.0 Å². The molecule has 0 N–H and O–H groups in total. The Labute approximate surface area is 162 Å². The molecule has 2 aromatic carbocycles. The predicted molar refractivity (Wildman–Crippen MR) is 110 cm³/mol. The molecule has 0 saturated heterocycles. The van der Waals surface area contributed by atoms with Crippen molar-refractivity contribution in [2.75, 3.05) is 6.54 Å². The summed E-state index contributed by atoms with van der Waals surface area (Å²) in [6.45, 7) is 4.46. The minimum atomic E-state index is 0.196. The summed E-state index contributed by atoms with van der Waals surface area (Å²) in [7, 11) is 0. The van der Waals surface area contributed by atoms with E-state index in [1.54, 1.807) is 0 Å². The van der Waals surface area contributed by atoms with Crippen LogP contribution in [-0.2, 0) is 24.3 Å². The zero-order chi connectivity index (χ0) is 18.9. The number of carbonyl (C=O) groups excluding carboxylic acids is 1. The van der Waals surface area contributed by atoms with Gasteiger partial charge in [-0.1, -0.05) is 74.0 Å². The summed E-state index contributed by atoms with van der Waals surface area (Å²) in [5.41, 5.74) is 3.52. The maximum absolute atomic E-state index is 12.9. The van der Waals surface area contributed by atoms with Crippen molar-refractivity contribution >= 4 is 5.91 Å². The molecule has 0 atom stereocenters. The van der Waals surface area contributed by atoms with Crippen LogP contribution in [-0.4, -0.2) is 21.9 Å². The lowest BCUT2D eigenvalue weighted by molar-refractivity contribution is -0.131. The molecule has 0 spiro atoms. The molecule has 27 heavy (non-hydrogen) atoms. The number of carbonyl (C=O) groups is 1. The molecule has 0 saturated carbocycles. The summed E-state index contributed by atoms with van der Waals surface area (Å²) in [6, 6.07) is 24.6. The summed E-state index contributed by atoms with van der Waals surface area (Å²) in [5.74, 6) is 0.196. The minimum absolute atomic E-state index is 0.196. The van der Waals surface area contributed by atoms with E-state index in [-0.39, 0.29) is 5.91 Å². The number of hydrogen-bond donors (Lipinski definition) is 0. The topological polar surface area (TPSA) is 25.2 Å². The molecule has 0 aliphatic carbocycles. The van der Waals surface area contributed by atoms with Gasteiger partial charge in [-0.2, -0.15) is 0 Å². The molecule has 1 amide bonds. The van der Waals surface area contributed by atoms with Gasteiger partial charge in [0.15, 0.2) is 0 Å². The van der Waals surface area contributed by atoms with Crippen LogP contribution >= 0.6 is 0 Å². The van der Waals surface area contributed by atoms with Crippen LogP contribution in [0.1, 0.15) is 36.6 Å². The summed E-state index contributed by atoms with van der Waals surface area (Å²) in [5, 5.41) is 0. The Morgan fingerprint density at radius 3 is 2.22 bits per heavy atom. The van der Waals surface area contributed by atoms with Gasteiger partial charge in [0.1, 0.15) is 0 Å². The zero-order valence-electron chi connectivity index (χ0n) is 16.1. The summed E-state index contributed by atoms with van der Waals surface area (Å²) >= 11 is 0. The van der Waals surface area contributed by atoms with E-state index in [9.17, 15) is 4.79 Å². The fraction of sp³-hybridized carbons (Fsp3) is 0.292. The van der Waals surface area contributed by atoms with Gasteiger partial charge in [-0.3, -0.25) is 4.79 Å². The van der Waals surface area contributed by atoms with Gasteiger partial charge in [0.25, 0.3) is 0 Å². The van der Waals surface area contributed by atoms with E-state index in [4.69, 9.17) is 0 Å². The number of amides is 1. The highest BCUT2D eigenvalue weighted by atomic mass is 16.2. The number of aromatic nitrogens is 1. The summed E-state index contributed by atoms with van der Waals surface area (Å²) in [4.78, 5) is 14.9. The average Bonchev–Trinajstić information content (AvgIpc) is 3.13. The Bertz CT molecular complexity index is 824. The highest BCUT2D eigenvalue weighted by Gasteiger charge is 2.16. The van der Waals surface area contributed by atoms with E-state index in [1.807, 2.05) is 41.3 Å². The van der Waals surface area contributed by atoms with Crippen LogP contribution in [0.25, 0.3) is 0 Å². The monoisotopic (exact) mass is 360 g/mol. The van der Waals surface area contributed by atoms with E-state index in [2.05, 4.69) is 54.1 Å². The number of hydrogen-bond acceptors (Lipinski definition) is 1. The number of benzene rings is 2. The Morgan fingerprint density at radius 1 is 0.889 bits per heavy atom. The van der Waals surface area contributed by atoms with Gasteiger partial charge < -0.3 is 9.47 Å². The van der Waals surface area contributed by atoms with Crippen LogP contribution in [0, 0.1) is 0 Å². The Morgan fingerprint density at radius 2 is 1.56 bits per heavy atom. The smallest absolute Gasteiger partial charge is 0.227 e. The SMILES string of the molecule is CCCCN(Cc1cccn1Cc1ccccc1)C(=O)Cc1ccccc1. The molecule has 3 aromatic rings. The molecule has 3 heteroatoms. The lowest BCUT2D eigenvalue weighted by atomic mass is 10.1. The lowest BCUT2D eigenvalue weighted by Gasteiger charge is -2.24. The van der Waals surface area contributed by atoms with Crippen molar-refractivity contribution in [1.29, 1.82) is 0 Å². The van der Waals surface area contributed by atoms with Crippen LogP contribution < -0.4 is 0 Å². The fourth-order valence-corrected chi connectivity index (χ4v) is 3.25. The van der Waals surface area contributed by atoms with Crippen molar-refractivity contribution < 1.29 is 4.79 Å². The van der Waals surface area contributed by atoms with Crippen molar-refractivity contribution in [3.63, 3.8) is 0 Å². The molecule has 0 unspecified atom stereocenters. The van der Waals surface area contributed by atoms with Gasteiger partial charge in [-0.05, 0) is 29.7 Å². The molecule has 0 radical (unpaired) electrons. The van der Waals surface area contributed by atoms with Crippen LogP contribution in [0.3, 0.4) is 0 Å². The molecule has 3 rings (SSSR count). The maximum Gasteiger partial charge on any atom is 0.227 e. The highest BCUT2D eigenvalue weighted by Crippen LogP contribution is 2.13. The third kappa shape index (κ3) is 5.58. The first-order valence-corrected chi connectivity index (χ1v) is 9.76. The molecule has 1 aromatic heterocycles. The maximum atomic E-state index is 12.9. The van der Waals surface area contributed by atoms with E-state index in [1.165, 1.54) is 11.3 Å². The predicted octanol–water partition coefficient (Wildman–Crippen LogP) is 4.91. The van der Waals surface area contributed by atoms with Gasteiger partial charge >= 0.3 is 0 Å². The first kappa shape index (κ1) is 19.0. The quantitative estimate of drug-likeness (QED) is 0.532. The molecular weight excluding hydrogens is 332 g/mol. The first-order valence-electron chi connectivity index (χ1n) is 9.76. The largest absolute Gasteiger partial charge is 0.345 e. The van der Waals surface area contributed by atoms with Crippen molar-refractivity contribution in [3.8, 4) is 0 Å². The average molecular weight is 361 g/mol. The number of nitrogens with zero attached hydrogens (tertiary/aromatic N) is 2. The summed E-state index contributed by atoms with van der Waals surface area (Å²) in [6.07, 6.45) is 4.67. The second-order valence-electron chi connectivity index (χ2n) is 6.94. The van der Waals surface area contributed by atoms with Crippen LogP contribution in [0.5, 0.6) is 0 Å². The van der Waals surface area contributed by atoms with Gasteiger partial charge in [0, 0.05) is 25.0 Å². The van der Waals surface area contributed by atoms with Gasteiger partial charge in [0.05, 0.1) is 13.0 Å². The van der Waals surface area contributed by atoms with E-state index in [0.717, 1.165) is 31.5 Å². The van der Waals surface area contributed by atoms with Gasteiger partial charge in [-0.25, -0.2) is 0 Å². The Kier molecular flexibility index (Phi) is 6.86. The van der Waals surface area contributed by atoms with Crippen LogP contribution in [0.4, 0.5) is 0 Å². The second kappa shape index (κ2) is 9.77. The fourth-order valence-electron chi connectivity index (χ4n) is 3.25. The molecular formula is C24H28N2O. The van der Waals surface area contributed by atoms with Crippen molar-refractivity contribution in [2.45, 2.75) is 39.3 Å². The standard InChI is InChI=1S/C24H28N2O/c1-2-3-16-26(24(27)18-21-11-6-4-7-12-21)20-23-15-10-17-25(23)19-22-13-8-5-9-14-22/h4-15,17H,2-3,16,18-20H2,1H3. The normalized spacial score (nSPS) is 10.7. The lowest BCUT2D eigenvalue weighted by Crippen LogP contribution is -2.33. The summed E-state index contributed by atoms with van der Waals surface area (Å²) < 4.78 is 2.24. The molecule has 0 fully saturated rings. The number of rotatable bonds is 9. The van der Waals surface area contributed by atoms with Crippen molar-refractivity contribution in [3.05, 3.63) is 95.8 Å². The van der Waals surface area contributed by atoms with E-state index < -0.39 is 0 Å². The van der Waals surface area contributed by atoms with Crippen molar-refractivity contribution in [2.24, 2.45) is 0 Å².